The van der Waals surface area contributed by atoms with Gasteiger partial charge in [-0.15, -0.1) is 0 Å². The van der Waals surface area contributed by atoms with E-state index in [1.54, 1.807) is 6.20 Å². The average molecular weight is 362 g/mol. The lowest BCUT2D eigenvalue weighted by molar-refractivity contribution is -0.120. The highest BCUT2D eigenvalue weighted by molar-refractivity contribution is 5.87. The maximum Gasteiger partial charge on any atom is 0.224 e. The Hall–Kier alpha value is -2.99. The van der Waals surface area contributed by atoms with E-state index in [-0.39, 0.29) is 5.91 Å². The number of rotatable bonds is 5. The third-order valence-electron chi connectivity index (χ3n) is 4.70. The molecule has 0 saturated carbocycles. The van der Waals surface area contributed by atoms with Crippen molar-refractivity contribution in [3.63, 3.8) is 0 Å². The number of carbonyl (C=O) groups is 1. The normalized spacial score (nSPS) is 14.3. The Bertz CT molecular complexity index is 916. The minimum absolute atomic E-state index is 0.0228. The van der Waals surface area contributed by atoms with Crippen molar-refractivity contribution in [2.24, 2.45) is 0 Å². The van der Waals surface area contributed by atoms with Crippen LogP contribution in [0.15, 0.2) is 54.9 Å². The standard InChI is InChI=1S/C21H22N4O2/c26-20(13-18-4-1-3-17-5-2-8-22-21(17)18)24-15-16-6-7-19(23-14-16)25-9-11-27-12-10-25/h1-8,14H,9-13,15H2,(H,24,26). The summed E-state index contributed by atoms with van der Waals surface area (Å²) >= 11 is 0. The molecular formula is C21H22N4O2. The molecule has 3 heterocycles. The summed E-state index contributed by atoms with van der Waals surface area (Å²) < 4.78 is 5.36. The van der Waals surface area contributed by atoms with Crippen LogP contribution in [0.25, 0.3) is 10.9 Å². The first-order valence-corrected chi connectivity index (χ1v) is 9.16. The maximum absolute atomic E-state index is 12.4. The van der Waals surface area contributed by atoms with Crippen molar-refractivity contribution < 1.29 is 9.53 Å². The molecule has 3 aromatic rings. The number of anilines is 1. The van der Waals surface area contributed by atoms with Crippen LogP contribution in [0.4, 0.5) is 5.82 Å². The SMILES string of the molecule is O=C(Cc1cccc2cccnc12)NCc1ccc(N2CCOCC2)nc1. The van der Waals surface area contributed by atoms with Crippen molar-refractivity contribution in [1.82, 2.24) is 15.3 Å². The third-order valence-corrected chi connectivity index (χ3v) is 4.70. The summed E-state index contributed by atoms with van der Waals surface area (Å²) in [5.74, 6) is 0.931. The Morgan fingerprint density at radius 2 is 1.93 bits per heavy atom. The van der Waals surface area contributed by atoms with Crippen LogP contribution in [0, 0.1) is 0 Å². The predicted molar refractivity (Wildman–Crippen MR) is 105 cm³/mol. The van der Waals surface area contributed by atoms with Crippen LogP contribution < -0.4 is 10.2 Å². The predicted octanol–water partition coefficient (Wildman–Crippen LogP) is 2.33. The quantitative estimate of drug-likeness (QED) is 0.754. The number of morpholine rings is 1. The van der Waals surface area contributed by atoms with Crippen LogP contribution in [0.1, 0.15) is 11.1 Å². The molecule has 2 aromatic heterocycles. The van der Waals surface area contributed by atoms with Gasteiger partial charge in [-0.3, -0.25) is 9.78 Å². The smallest absolute Gasteiger partial charge is 0.224 e. The van der Waals surface area contributed by atoms with E-state index in [1.807, 2.05) is 48.7 Å². The van der Waals surface area contributed by atoms with Gasteiger partial charge in [0.05, 0.1) is 25.2 Å². The highest BCUT2D eigenvalue weighted by Crippen LogP contribution is 2.16. The van der Waals surface area contributed by atoms with Gasteiger partial charge in [0, 0.05) is 37.4 Å². The average Bonchev–Trinajstić information content (AvgIpc) is 2.74. The number of benzene rings is 1. The van der Waals surface area contributed by atoms with Crippen molar-refractivity contribution in [1.29, 1.82) is 0 Å². The van der Waals surface area contributed by atoms with Crippen LogP contribution in [0.5, 0.6) is 0 Å². The fourth-order valence-electron chi connectivity index (χ4n) is 3.25. The Labute approximate surface area is 158 Å². The van der Waals surface area contributed by atoms with Crippen molar-refractivity contribution in [3.8, 4) is 0 Å². The van der Waals surface area contributed by atoms with E-state index in [4.69, 9.17) is 4.74 Å². The number of hydrogen-bond acceptors (Lipinski definition) is 5. The largest absolute Gasteiger partial charge is 0.378 e. The molecule has 1 aromatic carbocycles. The number of nitrogens with one attached hydrogen (secondary N) is 1. The molecular weight excluding hydrogens is 340 g/mol. The van der Waals surface area contributed by atoms with Gasteiger partial charge in [0.2, 0.25) is 5.91 Å². The maximum atomic E-state index is 12.4. The number of fused-ring (bicyclic) bond motifs is 1. The summed E-state index contributed by atoms with van der Waals surface area (Å²) in [4.78, 5) is 23.5. The molecule has 1 aliphatic rings. The van der Waals surface area contributed by atoms with Crippen LogP contribution in [0.2, 0.25) is 0 Å². The Kier molecular flexibility index (Phi) is 5.25. The highest BCUT2D eigenvalue weighted by Gasteiger charge is 2.12. The minimum Gasteiger partial charge on any atom is -0.378 e. The van der Waals surface area contributed by atoms with Crippen molar-refractivity contribution >= 4 is 22.6 Å². The molecule has 0 bridgehead atoms. The first-order chi connectivity index (χ1) is 13.3. The number of ether oxygens (including phenoxy) is 1. The number of aromatic nitrogens is 2. The summed E-state index contributed by atoms with van der Waals surface area (Å²) in [5.41, 5.74) is 2.80. The van der Waals surface area contributed by atoms with Gasteiger partial charge in [-0.25, -0.2) is 4.98 Å². The third kappa shape index (κ3) is 4.23. The van der Waals surface area contributed by atoms with Gasteiger partial charge < -0.3 is 15.0 Å². The van der Waals surface area contributed by atoms with E-state index in [0.717, 1.165) is 54.2 Å². The van der Waals surface area contributed by atoms with E-state index in [0.29, 0.717) is 13.0 Å². The van der Waals surface area contributed by atoms with Gasteiger partial charge in [0.1, 0.15) is 5.82 Å². The molecule has 6 nitrogen and oxygen atoms in total. The summed E-state index contributed by atoms with van der Waals surface area (Å²) in [7, 11) is 0. The fourth-order valence-corrected chi connectivity index (χ4v) is 3.25. The minimum atomic E-state index is -0.0228. The van der Waals surface area contributed by atoms with E-state index >= 15 is 0 Å². The van der Waals surface area contributed by atoms with Gasteiger partial charge >= 0.3 is 0 Å². The summed E-state index contributed by atoms with van der Waals surface area (Å²) in [6.45, 7) is 3.67. The highest BCUT2D eigenvalue weighted by atomic mass is 16.5. The summed E-state index contributed by atoms with van der Waals surface area (Å²) in [5, 5.41) is 4.02. The number of nitrogens with zero attached hydrogens (tertiary/aromatic N) is 3. The van der Waals surface area contributed by atoms with Crippen molar-refractivity contribution in [3.05, 3.63) is 66.0 Å². The molecule has 1 fully saturated rings. The second-order valence-corrected chi connectivity index (χ2v) is 6.57. The Morgan fingerprint density at radius 3 is 2.74 bits per heavy atom. The first-order valence-electron chi connectivity index (χ1n) is 9.16. The van der Waals surface area contributed by atoms with E-state index in [9.17, 15) is 4.79 Å². The molecule has 0 atom stereocenters. The molecule has 1 N–H and O–H groups in total. The number of pyridine rings is 2. The molecule has 0 unspecified atom stereocenters. The molecule has 0 radical (unpaired) electrons. The van der Waals surface area contributed by atoms with Crippen molar-refractivity contribution in [2.75, 3.05) is 31.2 Å². The zero-order chi connectivity index (χ0) is 18.5. The van der Waals surface area contributed by atoms with E-state index in [1.165, 1.54) is 0 Å². The molecule has 4 rings (SSSR count). The monoisotopic (exact) mass is 362 g/mol. The molecule has 1 aliphatic heterocycles. The zero-order valence-corrected chi connectivity index (χ0v) is 15.1. The summed E-state index contributed by atoms with van der Waals surface area (Å²) in [6.07, 6.45) is 3.89. The van der Waals surface area contributed by atoms with Gasteiger partial charge in [0.15, 0.2) is 0 Å². The van der Waals surface area contributed by atoms with E-state index in [2.05, 4.69) is 20.2 Å². The topological polar surface area (TPSA) is 67.4 Å². The lowest BCUT2D eigenvalue weighted by Gasteiger charge is -2.27. The van der Waals surface area contributed by atoms with Crippen LogP contribution in [-0.2, 0) is 22.5 Å². The van der Waals surface area contributed by atoms with Crippen LogP contribution in [0.3, 0.4) is 0 Å². The lowest BCUT2D eigenvalue weighted by Crippen LogP contribution is -2.36. The molecule has 6 heteroatoms. The number of carbonyl (C=O) groups excluding carboxylic acids is 1. The van der Waals surface area contributed by atoms with Gasteiger partial charge in [-0.2, -0.15) is 0 Å². The molecule has 1 saturated heterocycles. The number of amides is 1. The zero-order valence-electron chi connectivity index (χ0n) is 15.1. The van der Waals surface area contributed by atoms with Gasteiger partial charge in [-0.1, -0.05) is 30.3 Å². The second kappa shape index (κ2) is 8.14. The molecule has 1 amide bonds. The molecule has 27 heavy (non-hydrogen) atoms. The second-order valence-electron chi connectivity index (χ2n) is 6.57. The molecule has 0 spiro atoms. The first kappa shape index (κ1) is 17.4. The lowest BCUT2D eigenvalue weighted by atomic mass is 10.1. The summed E-state index contributed by atoms with van der Waals surface area (Å²) in [6, 6.07) is 13.8. The number of para-hydroxylation sites is 1. The molecule has 0 aliphatic carbocycles. The Balaban J connectivity index is 1.35. The van der Waals surface area contributed by atoms with Crippen LogP contribution in [-0.4, -0.2) is 42.2 Å². The number of hydrogen-bond donors (Lipinski definition) is 1. The van der Waals surface area contributed by atoms with Gasteiger partial charge in [0.25, 0.3) is 0 Å². The van der Waals surface area contributed by atoms with Gasteiger partial charge in [-0.05, 0) is 23.3 Å². The van der Waals surface area contributed by atoms with Crippen molar-refractivity contribution in [2.45, 2.75) is 13.0 Å². The fraction of sp³-hybridized carbons (Fsp3) is 0.286. The Morgan fingerprint density at radius 1 is 1.07 bits per heavy atom. The molecule has 138 valence electrons. The van der Waals surface area contributed by atoms with Crippen LogP contribution >= 0.6 is 0 Å². The van der Waals surface area contributed by atoms with E-state index < -0.39 is 0 Å².